The maximum Gasteiger partial charge on any atom is 0.331 e. The van der Waals surface area contributed by atoms with E-state index < -0.39 is 27.5 Å². The van der Waals surface area contributed by atoms with Gasteiger partial charge >= 0.3 is 5.69 Å². The molecule has 180 valence electrons. The number of fused-ring (bicyclic) bond motifs is 2. The number of hydrogen-bond donors (Lipinski definition) is 0. The van der Waals surface area contributed by atoms with E-state index >= 15 is 0 Å². The van der Waals surface area contributed by atoms with E-state index in [4.69, 9.17) is 4.42 Å². The summed E-state index contributed by atoms with van der Waals surface area (Å²) in [6.07, 6.45) is 0. The van der Waals surface area contributed by atoms with Gasteiger partial charge in [-0.05, 0) is 53.2 Å². The molecule has 0 N–H and O–H groups in total. The second kappa shape index (κ2) is 9.58. The number of nitro benzene ring substituents is 1. The van der Waals surface area contributed by atoms with Crippen molar-refractivity contribution in [1.82, 2.24) is 14.8 Å². The molecule has 1 aromatic rings. The highest BCUT2D eigenvalue weighted by Crippen LogP contribution is 2.36. The van der Waals surface area contributed by atoms with Gasteiger partial charge in [-0.2, -0.15) is 0 Å². The topological polar surface area (TPSA) is 127 Å². The van der Waals surface area contributed by atoms with Crippen molar-refractivity contribution < 1.29 is 18.9 Å². The Labute approximate surface area is 196 Å². The van der Waals surface area contributed by atoms with Gasteiger partial charge in [-0.15, -0.1) is 0 Å². The van der Waals surface area contributed by atoms with Crippen LogP contribution in [0.3, 0.4) is 0 Å². The Hall–Kier alpha value is -3.82. The molecule has 34 heavy (non-hydrogen) atoms. The van der Waals surface area contributed by atoms with Crippen LogP contribution in [0.2, 0.25) is 0 Å². The Bertz CT molecular complexity index is 1320. The van der Waals surface area contributed by atoms with E-state index in [1.165, 1.54) is 11.8 Å². The van der Waals surface area contributed by atoms with Crippen molar-refractivity contribution in [2.24, 2.45) is 0 Å². The van der Waals surface area contributed by atoms with Crippen molar-refractivity contribution in [1.29, 1.82) is 0 Å². The lowest BCUT2D eigenvalue weighted by Gasteiger charge is -2.22. The first-order valence-electron chi connectivity index (χ1n) is 11.3. The number of carbonyl (C=O) groups excluding carboxylic acids is 2. The van der Waals surface area contributed by atoms with E-state index in [2.05, 4.69) is 4.98 Å². The van der Waals surface area contributed by atoms with Crippen molar-refractivity contribution in [2.75, 3.05) is 26.2 Å². The van der Waals surface area contributed by atoms with E-state index in [1.54, 1.807) is 37.8 Å². The average Bonchev–Trinajstić information content (AvgIpc) is 2.81. The molecule has 0 atom stereocenters. The van der Waals surface area contributed by atoms with Gasteiger partial charge in [-0.3, -0.25) is 24.5 Å². The van der Waals surface area contributed by atoms with Crippen LogP contribution in [-0.4, -0.2) is 57.7 Å². The third kappa shape index (κ3) is 3.89. The van der Waals surface area contributed by atoms with Crippen molar-refractivity contribution in [3.05, 3.63) is 54.7 Å². The lowest BCUT2D eigenvalue weighted by molar-refractivity contribution is -0.386. The van der Waals surface area contributed by atoms with Crippen LogP contribution in [0, 0.1) is 24.0 Å². The molecule has 0 saturated heterocycles. The fraction of sp³-hybridized carbons (Fsp3) is 0.417. The van der Waals surface area contributed by atoms with E-state index in [9.17, 15) is 24.5 Å². The highest BCUT2D eigenvalue weighted by molar-refractivity contribution is 6.08. The molecule has 1 aliphatic carbocycles. The number of hydrogen-bond acceptors (Lipinski definition) is 7. The molecule has 0 saturated carbocycles. The number of aryl methyl sites for hydroxylation is 1. The molecule has 0 radical (unpaired) electrons. The minimum absolute atomic E-state index is 0.00542. The van der Waals surface area contributed by atoms with E-state index in [-0.39, 0.29) is 52.7 Å². The maximum absolute atomic E-state index is 13.4. The smallest absolute Gasteiger partial charge is 0.331 e. The molecule has 0 fully saturated rings. The second-order valence-corrected chi connectivity index (χ2v) is 7.89. The van der Waals surface area contributed by atoms with Crippen LogP contribution in [0.25, 0.3) is 22.6 Å². The summed E-state index contributed by atoms with van der Waals surface area (Å²) in [6, 6.07) is 3.35. The lowest BCUT2D eigenvalue weighted by atomic mass is 9.99. The van der Waals surface area contributed by atoms with Crippen LogP contribution in [0.15, 0.2) is 21.3 Å². The molecule has 0 unspecified atom stereocenters. The number of benzene rings is 2. The molecule has 3 rings (SSSR count). The van der Waals surface area contributed by atoms with Crippen molar-refractivity contribution in [3.8, 4) is 11.5 Å². The van der Waals surface area contributed by atoms with Crippen LogP contribution >= 0.6 is 0 Å². The third-order valence-corrected chi connectivity index (χ3v) is 6.07. The van der Waals surface area contributed by atoms with Crippen molar-refractivity contribution in [2.45, 2.75) is 41.5 Å². The fourth-order valence-corrected chi connectivity index (χ4v) is 4.05. The molecule has 1 aliphatic heterocycles. The summed E-state index contributed by atoms with van der Waals surface area (Å²) in [6.45, 7) is 11.9. The summed E-state index contributed by atoms with van der Waals surface area (Å²) in [5.41, 5.74) is -0.898. The normalized spacial score (nSPS) is 11.1. The lowest BCUT2D eigenvalue weighted by Crippen LogP contribution is -2.33. The number of amides is 2. The van der Waals surface area contributed by atoms with Gasteiger partial charge in [0.05, 0.1) is 10.5 Å². The van der Waals surface area contributed by atoms with Crippen molar-refractivity contribution in [3.63, 3.8) is 0 Å². The Kier molecular flexibility index (Phi) is 6.99. The summed E-state index contributed by atoms with van der Waals surface area (Å²) >= 11 is 0. The minimum Gasteiger partial charge on any atom is -0.452 e. The van der Waals surface area contributed by atoms with Crippen LogP contribution in [-0.2, 0) is 0 Å². The molecule has 10 heteroatoms. The monoisotopic (exact) mass is 468 g/mol. The number of rotatable bonds is 7. The van der Waals surface area contributed by atoms with Crippen LogP contribution in [0.5, 0.6) is 0 Å². The minimum atomic E-state index is -0.897. The quantitative estimate of drug-likeness (QED) is 0.293. The zero-order valence-electron chi connectivity index (χ0n) is 20.2. The first-order valence-corrected chi connectivity index (χ1v) is 11.3. The molecule has 0 aromatic heterocycles. The van der Waals surface area contributed by atoms with Gasteiger partial charge in [0.25, 0.3) is 17.2 Å². The van der Waals surface area contributed by atoms with Crippen LogP contribution < -0.4 is 5.43 Å². The van der Waals surface area contributed by atoms with Gasteiger partial charge in [0.2, 0.25) is 0 Å². The first-order chi connectivity index (χ1) is 16.1. The van der Waals surface area contributed by atoms with Gasteiger partial charge in [0, 0.05) is 31.7 Å². The molecule has 2 amide bonds. The molecule has 1 heterocycles. The van der Waals surface area contributed by atoms with E-state index in [0.29, 0.717) is 18.7 Å². The average molecular weight is 469 g/mol. The summed E-state index contributed by atoms with van der Waals surface area (Å²) in [4.78, 5) is 58.2. The second-order valence-electron chi connectivity index (χ2n) is 7.89. The van der Waals surface area contributed by atoms with Crippen molar-refractivity contribution >= 4 is 28.6 Å². The number of nitro groups is 1. The predicted octanol–water partition coefficient (Wildman–Crippen LogP) is 3.78. The molecule has 0 bridgehead atoms. The first kappa shape index (κ1) is 24.8. The number of aromatic nitrogens is 1. The summed E-state index contributed by atoms with van der Waals surface area (Å²) in [7, 11) is 0. The molecule has 2 aliphatic rings. The van der Waals surface area contributed by atoms with Gasteiger partial charge in [0.1, 0.15) is 11.2 Å². The molecule has 1 aromatic carbocycles. The van der Waals surface area contributed by atoms with Gasteiger partial charge < -0.3 is 14.2 Å². The predicted molar refractivity (Wildman–Crippen MR) is 128 cm³/mol. The van der Waals surface area contributed by atoms with Gasteiger partial charge in [-0.1, -0.05) is 6.07 Å². The third-order valence-electron chi connectivity index (χ3n) is 6.07. The Morgan fingerprint density at radius 1 is 1.00 bits per heavy atom. The summed E-state index contributed by atoms with van der Waals surface area (Å²) in [5.74, 6) is -0.973. The van der Waals surface area contributed by atoms with Gasteiger partial charge in [0.15, 0.2) is 16.9 Å². The van der Waals surface area contributed by atoms with Gasteiger partial charge in [-0.25, -0.2) is 4.98 Å². The molecular weight excluding hydrogens is 440 g/mol. The summed E-state index contributed by atoms with van der Waals surface area (Å²) in [5, 5.41) is 11.9. The molecule has 0 spiro atoms. The Balaban J connectivity index is 2.54. The fourth-order valence-electron chi connectivity index (χ4n) is 4.05. The Morgan fingerprint density at radius 2 is 1.56 bits per heavy atom. The molecule has 10 nitrogen and oxygen atoms in total. The number of carbonyl (C=O) groups is 2. The highest BCUT2D eigenvalue weighted by Gasteiger charge is 2.37. The van der Waals surface area contributed by atoms with E-state index in [0.717, 1.165) is 0 Å². The zero-order valence-corrected chi connectivity index (χ0v) is 20.2. The van der Waals surface area contributed by atoms with Crippen LogP contribution in [0.4, 0.5) is 5.69 Å². The number of nitrogens with zero attached hydrogens (tertiary/aromatic N) is 4. The summed E-state index contributed by atoms with van der Waals surface area (Å²) < 4.78 is 6.07. The zero-order chi connectivity index (χ0) is 25.3. The largest absolute Gasteiger partial charge is 0.452 e. The molecular formula is C24H28N4O6. The van der Waals surface area contributed by atoms with E-state index in [1.807, 2.05) is 13.8 Å². The SMILES string of the molecule is CCN(CC)C(=O)c1c2nc3c(C(=O)N(CC)CC)ccc(C)c3oc-2c(C)c(=O)c1[N+](=O)[O-]. The van der Waals surface area contributed by atoms with Crippen LogP contribution in [0.1, 0.15) is 59.5 Å². The standard InChI is InChI=1S/C24H28N4O6/c1-7-26(8-2)23(30)15-12-11-13(5)21-17(15)25-18-16(24(31)27(9-3)10-4)19(28(32)33)20(29)14(6)22(18)34-21/h11-12H,7-10H2,1-6H3. The maximum atomic E-state index is 13.4. The Morgan fingerprint density at radius 3 is 2.09 bits per heavy atom. The highest BCUT2D eigenvalue weighted by atomic mass is 16.6.